The lowest BCUT2D eigenvalue weighted by Crippen LogP contribution is -2.58. The molecule has 0 radical (unpaired) electrons. The van der Waals surface area contributed by atoms with Gasteiger partial charge in [-0.3, -0.25) is 4.79 Å². The molecule has 2 bridgehead atoms. The first-order valence-electron chi connectivity index (χ1n) is 24.6. The molecule has 64 heavy (non-hydrogen) atoms. The number of fused-ring (bicyclic) bond motifs is 5. The van der Waals surface area contributed by atoms with Crippen molar-refractivity contribution in [1.29, 1.82) is 0 Å². The Morgan fingerprint density at radius 2 is 1.12 bits per heavy atom. The summed E-state index contributed by atoms with van der Waals surface area (Å²) in [4.78, 5) is 13.4. The van der Waals surface area contributed by atoms with Gasteiger partial charge in [0.1, 0.15) is 30.2 Å². The molecular weight excluding hydrogens is 833 g/mol. The van der Waals surface area contributed by atoms with Gasteiger partial charge in [-0.05, 0) is 91.4 Å². The van der Waals surface area contributed by atoms with E-state index in [2.05, 4.69) is 20.8 Å². The van der Waals surface area contributed by atoms with Gasteiger partial charge in [0.05, 0.1) is 72.6 Å². The molecule has 16 nitrogen and oxygen atoms in total. The van der Waals surface area contributed by atoms with Gasteiger partial charge < -0.3 is 71.8 Å². The fraction of sp³-hybridized carbons (Fsp3) is 0.979. The van der Waals surface area contributed by atoms with Crippen LogP contribution in [0.4, 0.5) is 0 Å². The molecule has 1 spiro atoms. The monoisotopic (exact) mass is 911 g/mol. The smallest absolute Gasteiger partial charge is 0.172 e. The van der Waals surface area contributed by atoms with Gasteiger partial charge in [0.2, 0.25) is 0 Å². The molecule has 16 heteroatoms. The predicted octanol–water partition coefficient (Wildman–Crippen LogP) is 4.94. The lowest BCUT2D eigenvalue weighted by molar-refractivity contribution is -0.347. The Kier molecular flexibility index (Phi) is 14.1. The Bertz CT molecular complexity index is 1610. The molecule has 6 aliphatic heterocycles. The average molecular weight is 911 g/mol. The van der Waals surface area contributed by atoms with Crippen molar-refractivity contribution < 1.29 is 76.6 Å². The Balaban J connectivity index is 0.758. The van der Waals surface area contributed by atoms with E-state index >= 15 is 0 Å². The molecule has 9 fully saturated rings. The second kappa shape index (κ2) is 18.8. The number of rotatable bonds is 11. The van der Waals surface area contributed by atoms with E-state index in [4.69, 9.17) is 61.6 Å². The third-order valence-corrected chi connectivity index (χ3v) is 17.8. The summed E-state index contributed by atoms with van der Waals surface area (Å²) in [6, 6.07) is 0. The van der Waals surface area contributed by atoms with Crippen molar-refractivity contribution in [3.8, 4) is 0 Å². The van der Waals surface area contributed by atoms with E-state index in [1.54, 1.807) is 28.3 Å². The average Bonchev–Trinajstić information content (AvgIpc) is 3.77. The fourth-order valence-corrected chi connectivity index (χ4v) is 14.1. The molecule has 0 aromatic carbocycles. The predicted molar refractivity (Wildman–Crippen MR) is 226 cm³/mol. The van der Waals surface area contributed by atoms with Crippen LogP contribution in [0.1, 0.15) is 126 Å². The van der Waals surface area contributed by atoms with Crippen LogP contribution in [0.2, 0.25) is 0 Å². The van der Waals surface area contributed by atoms with E-state index in [9.17, 15) is 15.0 Å². The second-order valence-corrected chi connectivity index (χ2v) is 21.4. The summed E-state index contributed by atoms with van der Waals surface area (Å²) >= 11 is 0. The van der Waals surface area contributed by atoms with Gasteiger partial charge in [0.25, 0.3) is 0 Å². The van der Waals surface area contributed by atoms with Crippen LogP contribution in [0.3, 0.4) is 0 Å². The van der Waals surface area contributed by atoms with E-state index in [0.29, 0.717) is 37.4 Å². The number of hydrogen-bond acceptors (Lipinski definition) is 16. The Labute approximate surface area is 379 Å². The number of aliphatic hydroxyl groups is 2. The molecule has 2 N–H and O–H groups in total. The van der Waals surface area contributed by atoms with Crippen molar-refractivity contribution in [3.63, 3.8) is 0 Å². The summed E-state index contributed by atoms with van der Waals surface area (Å²) in [6.07, 6.45) is 0.153. The van der Waals surface area contributed by atoms with Crippen molar-refractivity contribution in [1.82, 2.24) is 0 Å². The summed E-state index contributed by atoms with van der Waals surface area (Å²) in [5, 5.41) is 21.6. The zero-order valence-corrected chi connectivity index (χ0v) is 39.8. The van der Waals surface area contributed by atoms with Crippen LogP contribution in [-0.2, 0) is 66.4 Å². The summed E-state index contributed by atoms with van der Waals surface area (Å²) in [5.74, 6) is 0.691. The van der Waals surface area contributed by atoms with Gasteiger partial charge in [-0.2, -0.15) is 0 Å². The first-order chi connectivity index (χ1) is 30.5. The molecule has 6 saturated heterocycles. The van der Waals surface area contributed by atoms with E-state index in [1.165, 1.54) is 0 Å². The maximum Gasteiger partial charge on any atom is 0.172 e. The molecule has 25 atom stereocenters. The van der Waals surface area contributed by atoms with E-state index in [0.717, 1.165) is 44.9 Å². The van der Waals surface area contributed by atoms with Crippen molar-refractivity contribution in [3.05, 3.63) is 0 Å². The molecule has 9 rings (SSSR count). The Hall–Kier alpha value is -0.930. The van der Waals surface area contributed by atoms with Crippen molar-refractivity contribution in [2.24, 2.45) is 28.6 Å². The minimum atomic E-state index is -0.884. The van der Waals surface area contributed by atoms with Gasteiger partial charge >= 0.3 is 0 Å². The Morgan fingerprint density at radius 1 is 0.578 bits per heavy atom. The lowest BCUT2D eigenvalue weighted by Gasteiger charge is -2.57. The Morgan fingerprint density at radius 3 is 1.73 bits per heavy atom. The number of methoxy groups -OCH3 is 3. The maximum absolute atomic E-state index is 13.4. The van der Waals surface area contributed by atoms with Crippen molar-refractivity contribution in [2.75, 3.05) is 21.3 Å². The van der Waals surface area contributed by atoms with Gasteiger partial charge in [-0.15, -0.1) is 0 Å². The molecule has 9 aliphatic rings. The molecule has 6 heterocycles. The van der Waals surface area contributed by atoms with Gasteiger partial charge in [0.15, 0.2) is 30.9 Å². The number of ether oxygens (including phenoxy) is 13. The normalized spacial score (nSPS) is 55.3. The van der Waals surface area contributed by atoms with E-state index in [-0.39, 0.29) is 60.3 Å². The summed E-state index contributed by atoms with van der Waals surface area (Å²) in [5.41, 5.74) is -0.423. The SMILES string of the molecule is CO[C@@H]1C[C@H](O[C@H]2[C@@H](O)C[C@H](O[C@@H]3[C@@H](C)O[C@@H](O[C@@H]4[C@@H](C)O[C@@H](O[C@H]5CC[C@@]6(C)[C@@H](CC[C@@]78O[C@@H](C)[C@@H]9CCC(=O)[C@]9(C)[C@@H](C[C@@H]76)O8)C5)C[C@H]4OC)C[C@H]3OC)O[C@@H]2C)O[C@H](C)[C@H]1O. The van der Waals surface area contributed by atoms with Crippen LogP contribution in [0.15, 0.2) is 0 Å². The van der Waals surface area contributed by atoms with Crippen molar-refractivity contribution >= 4 is 5.78 Å². The summed E-state index contributed by atoms with van der Waals surface area (Å²) in [7, 11) is 4.90. The van der Waals surface area contributed by atoms with Gasteiger partial charge in [-0.25, -0.2) is 0 Å². The second-order valence-electron chi connectivity index (χ2n) is 21.4. The number of carbonyl (C=O) groups excluding carboxylic acids is 1. The quantitative estimate of drug-likeness (QED) is 0.266. The van der Waals surface area contributed by atoms with E-state index in [1.807, 2.05) is 20.8 Å². The number of carbonyl (C=O) groups is 1. The number of ketones is 1. The molecule has 0 amide bonds. The van der Waals surface area contributed by atoms with Crippen LogP contribution in [0, 0.1) is 28.6 Å². The molecule has 3 saturated carbocycles. The van der Waals surface area contributed by atoms with Crippen LogP contribution in [-0.4, -0.2) is 160 Å². The van der Waals surface area contributed by atoms with Crippen LogP contribution < -0.4 is 0 Å². The zero-order valence-electron chi connectivity index (χ0n) is 39.8. The van der Waals surface area contributed by atoms with Crippen LogP contribution in [0.25, 0.3) is 0 Å². The maximum atomic E-state index is 13.4. The highest BCUT2D eigenvalue weighted by molar-refractivity contribution is 5.88. The molecular formula is C48H78O16. The number of hydrogen-bond donors (Lipinski definition) is 2. The fourth-order valence-electron chi connectivity index (χ4n) is 14.1. The summed E-state index contributed by atoms with van der Waals surface area (Å²) in [6.45, 7) is 14.3. The minimum Gasteiger partial charge on any atom is -0.390 e. The highest BCUT2D eigenvalue weighted by Crippen LogP contribution is 2.67. The molecule has 366 valence electrons. The van der Waals surface area contributed by atoms with Crippen molar-refractivity contribution in [2.45, 2.75) is 248 Å². The molecule has 3 aliphatic carbocycles. The number of Topliss-reactive ketones (excluding diaryl/α,β-unsaturated/α-hetero) is 1. The molecule has 0 aromatic heterocycles. The zero-order chi connectivity index (χ0) is 45.5. The molecule has 0 aromatic rings. The van der Waals surface area contributed by atoms with E-state index < -0.39 is 91.3 Å². The summed E-state index contributed by atoms with van der Waals surface area (Å²) < 4.78 is 82.6. The standard InChI is InChI=1S/C48H78O16/c1-23-30-11-12-36(50)47(30,7)37-22-35-46(6)15-14-29(17-28(46)13-16-48(35,63-23)64-37)59-39-20-33(53-9)45(26(4)57-39)62-41-21-34(54-10)44(27(5)58-41)61-38-18-31(49)43(25(3)56-38)60-40-19-32(52-8)42(51)24(2)55-40/h23-35,37-45,49,51H,11-22H2,1-10H3/t23-,24+,25+,26+,27+,28-,29-,30-,31-,32+,33+,34+,35+,37+,38-,39-,40-,41-,42+,43+,44+,45+,46-,47+,48-/m0/s1. The third kappa shape index (κ3) is 8.60. The molecule has 0 unspecified atom stereocenters. The number of aliphatic hydroxyl groups excluding tert-OH is 2. The highest BCUT2D eigenvalue weighted by atomic mass is 16.8. The minimum absolute atomic E-state index is 0.00413. The van der Waals surface area contributed by atoms with Crippen LogP contribution in [0.5, 0.6) is 0 Å². The first-order valence-corrected chi connectivity index (χ1v) is 24.6. The van der Waals surface area contributed by atoms with Gasteiger partial charge in [0, 0.05) is 71.7 Å². The highest BCUT2D eigenvalue weighted by Gasteiger charge is 2.70. The third-order valence-electron chi connectivity index (χ3n) is 17.8. The lowest BCUT2D eigenvalue weighted by atomic mass is 9.52. The topological polar surface area (TPSA) is 178 Å². The largest absolute Gasteiger partial charge is 0.390 e. The van der Waals surface area contributed by atoms with Crippen LogP contribution >= 0.6 is 0 Å². The first kappa shape index (κ1) is 48.1. The van der Waals surface area contributed by atoms with Gasteiger partial charge in [-0.1, -0.05) is 6.92 Å².